The molecule has 1 aliphatic carbocycles. The molecule has 2 amide bonds. The van der Waals surface area contributed by atoms with Gasteiger partial charge in [-0.05, 0) is 28.8 Å². The number of urea groups is 1. The Kier molecular flexibility index (Phi) is 4.76. The number of amides is 2. The van der Waals surface area contributed by atoms with Gasteiger partial charge in [0, 0.05) is 23.0 Å². The predicted octanol–water partition coefficient (Wildman–Crippen LogP) is 3.45. The first kappa shape index (κ1) is 16.1. The normalized spacial score (nSPS) is 19.3. The number of aliphatic hydroxyl groups is 1. The van der Waals surface area contributed by atoms with Crippen LogP contribution in [-0.2, 0) is 13.0 Å². The van der Waals surface area contributed by atoms with Crippen LogP contribution in [0.2, 0.25) is 10.0 Å². The second-order valence-electron chi connectivity index (χ2n) is 5.51. The highest BCUT2D eigenvalue weighted by Crippen LogP contribution is 2.31. The fourth-order valence-corrected chi connectivity index (χ4v) is 3.26. The van der Waals surface area contributed by atoms with Crippen LogP contribution in [0.3, 0.4) is 0 Å². The maximum absolute atomic E-state index is 12.1. The van der Waals surface area contributed by atoms with Gasteiger partial charge in [-0.1, -0.05) is 53.5 Å². The van der Waals surface area contributed by atoms with Gasteiger partial charge in [-0.3, -0.25) is 0 Å². The summed E-state index contributed by atoms with van der Waals surface area (Å²) in [4.78, 5) is 12.1. The van der Waals surface area contributed by atoms with Crippen LogP contribution < -0.4 is 10.6 Å². The van der Waals surface area contributed by atoms with Crippen LogP contribution in [0.4, 0.5) is 4.79 Å². The molecule has 3 N–H and O–H groups in total. The van der Waals surface area contributed by atoms with E-state index in [2.05, 4.69) is 10.6 Å². The monoisotopic (exact) mass is 350 g/mol. The summed E-state index contributed by atoms with van der Waals surface area (Å²) in [5.74, 6) is 0. The first-order chi connectivity index (χ1) is 11.0. The van der Waals surface area contributed by atoms with Crippen molar-refractivity contribution in [3.05, 3.63) is 69.2 Å². The lowest BCUT2D eigenvalue weighted by Crippen LogP contribution is -2.40. The Balaban J connectivity index is 1.62. The van der Waals surface area contributed by atoms with Crippen molar-refractivity contribution in [1.29, 1.82) is 0 Å². The number of nitrogens with one attached hydrogen (secondary N) is 2. The van der Waals surface area contributed by atoms with Gasteiger partial charge in [-0.2, -0.15) is 0 Å². The summed E-state index contributed by atoms with van der Waals surface area (Å²) in [6.07, 6.45) is -0.0679. The van der Waals surface area contributed by atoms with Crippen LogP contribution in [0.15, 0.2) is 42.5 Å². The smallest absolute Gasteiger partial charge is 0.315 e. The third-order valence-electron chi connectivity index (χ3n) is 3.95. The Labute approximate surface area is 144 Å². The van der Waals surface area contributed by atoms with Crippen molar-refractivity contribution < 1.29 is 9.90 Å². The number of benzene rings is 2. The Hall–Kier alpha value is -1.75. The maximum atomic E-state index is 12.1. The molecule has 0 fully saturated rings. The van der Waals surface area contributed by atoms with Crippen LogP contribution >= 0.6 is 23.2 Å². The molecule has 3 rings (SSSR count). The number of carbonyl (C=O) groups excluding carboxylic acids is 1. The summed E-state index contributed by atoms with van der Waals surface area (Å²) in [6.45, 7) is 0.284. The second-order valence-corrected chi connectivity index (χ2v) is 6.35. The lowest BCUT2D eigenvalue weighted by atomic mass is 10.1. The summed E-state index contributed by atoms with van der Waals surface area (Å²) in [5.41, 5.74) is 2.80. The van der Waals surface area contributed by atoms with Gasteiger partial charge < -0.3 is 15.7 Å². The molecule has 4 nitrogen and oxygen atoms in total. The van der Waals surface area contributed by atoms with Gasteiger partial charge in [0.1, 0.15) is 0 Å². The van der Waals surface area contributed by atoms with E-state index in [4.69, 9.17) is 23.2 Å². The molecule has 2 aromatic rings. The molecule has 0 radical (unpaired) electrons. The van der Waals surface area contributed by atoms with Crippen molar-refractivity contribution in [2.75, 3.05) is 0 Å². The molecule has 6 heteroatoms. The lowest BCUT2D eigenvalue weighted by Gasteiger charge is -2.18. The molecule has 0 spiro atoms. The van der Waals surface area contributed by atoms with Crippen LogP contribution in [0.5, 0.6) is 0 Å². The minimum Gasteiger partial charge on any atom is -0.390 e. The molecule has 2 unspecified atom stereocenters. The van der Waals surface area contributed by atoms with E-state index in [0.29, 0.717) is 16.5 Å². The van der Waals surface area contributed by atoms with Crippen molar-refractivity contribution in [1.82, 2.24) is 10.6 Å². The molecule has 0 bridgehead atoms. The topological polar surface area (TPSA) is 61.4 Å². The average molecular weight is 351 g/mol. The molecule has 2 aromatic carbocycles. The van der Waals surface area contributed by atoms with Crippen molar-refractivity contribution >= 4 is 29.2 Å². The van der Waals surface area contributed by atoms with E-state index >= 15 is 0 Å². The standard InChI is InChI=1S/C17H16Cl2N2O2/c18-12-6-5-11(14(19)8-12)9-20-17(23)21-16-13-4-2-1-3-10(13)7-15(16)22/h1-6,8,15-16,22H,7,9H2,(H2,20,21,23). The van der Waals surface area contributed by atoms with E-state index in [-0.39, 0.29) is 12.6 Å². The van der Waals surface area contributed by atoms with E-state index in [1.165, 1.54) is 0 Å². The van der Waals surface area contributed by atoms with Crippen molar-refractivity contribution in [2.45, 2.75) is 25.1 Å². The molecule has 0 saturated carbocycles. The minimum absolute atomic E-state index is 0.284. The summed E-state index contributed by atoms with van der Waals surface area (Å²) in [7, 11) is 0. The van der Waals surface area contributed by atoms with Crippen molar-refractivity contribution in [2.24, 2.45) is 0 Å². The number of aliphatic hydroxyl groups excluding tert-OH is 1. The van der Waals surface area contributed by atoms with E-state index < -0.39 is 12.1 Å². The Bertz CT molecular complexity index is 736. The molecule has 120 valence electrons. The predicted molar refractivity (Wildman–Crippen MR) is 90.7 cm³/mol. The summed E-state index contributed by atoms with van der Waals surface area (Å²) in [6, 6.07) is 12.1. The molecule has 1 aliphatic rings. The molecule has 0 heterocycles. The van der Waals surface area contributed by atoms with E-state index in [1.807, 2.05) is 24.3 Å². The van der Waals surface area contributed by atoms with Gasteiger partial charge in [-0.15, -0.1) is 0 Å². The van der Waals surface area contributed by atoms with Gasteiger partial charge in [0.05, 0.1) is 12.1 Å². The van der Waals surface area contributed by atoms with Crippen molar-refractivity contribution in [3.8, 4) is 0 Å². The molecule has 0 saturated heterocycles. The van der Waals surface area contributed by atoms with Crippen molar-refractivity contribution in [3.63, 3.8) is 0 Å². The number of hydrogen-bond acceptors (Lipinski definition) is 2. The van der Waals surface area contributed by atoms with E-state index in [1.54, 1.807) is 18.2 Å². The fraction of sp³-hybridized carbons (Fsp3) is 0.235. The quantitative estimate of drug-likeness (QED) is 0.793. The molecule has 2 atom stereocenters. The summed E-state index contributed by atoms with van der Waals surface area (Å²) < 4.78 is 0. The van der Waals surface area contributed by atoms with Gasteiger partial charge >= 0.3 is 6.03 Å². The zero-order valence-electron chi connectivity index (χ0n) is 12.2. The second kappa shape index (κ2) is 6.79. The van der Waals surface area contributed by atoms with Gasteiger partial charge in [0.25, 0.3) is 0 Å². The van der Waals surface area contributed by atoms with E-state index in [9.17, 15) is 9.90 Å². The number of halogens is 2. The van der Waals surface area contributed by atoms with Crippen LogP contribution in [0.25, 0.3) is 0 Å². The Morgan fingerprint density at radius 1 is 1.22 bits per heavy atom. The molecule has 0 aromatic heterocycles. The minimum atomic E-state index is -0.614. The van der Waals surface area contributed by atoms with E-state index in [0.717, 1.165) is 16.7 Å². The highest BCUT2D eigenvalue weighted by atomic mass is 35.5. The third kappa shape index (κ3) is 3.61. The lowest BCUT2D eigenvalue weighted by molar-refractivity contribution is 0.142. The number of hydrogen-bond donors (Lipinski definition) is 3. The van der Waals surface area contributed by atoms with Gasteiger partial charge in [0.2, 0.25) is 0 Å². The zero-order valence-corrected chi connectivity index (χ0v) is 13.7. The molecule has 23 heavy (non-hydrogen) atoms. The number of fused-ring (bicyclic) bond motifs is 1. The SMILES string of the molecule is O=C(NCc1ccc(Cl)cc1Cl)NC1c2ccccc2CC1O. The first-order valence-corrected chi connectivity index (χ1v) is 8.04. The van der Waals surface area contributed by atoms with Gasteiger partial charge in [-0.25, -0.2) is 4.79 Å². The summed E-state index contributed by atoms with van der Waals surface area (Å²) in [5, 5.41) is 16.8. The molecular weight excluding hydrogens is 335 g/mol. The molecule has 0 aliphatic heterocycles. The molecular formula is C17H16Cl2N2O2. The number of rotatable bonds is 3. The van der Waals surface area contributed by atoms with Crippen LogP contribution in [0.1, 0.15) is 22.7 Å². The Morgan fingerprint density at radius 2 is 2.00 bits per heavy atom. The number of carbonyl (C=O) groups is 1. The highest BCUT2D eigenvalue weighted by molar-refractivity contribution is 6.35. The first-order valence-electron chi connectivity index (χ1n) is 7.29. The largest absolute Gasteiger partial charge is 0.390 e. The summed E-state index contributed by atoms with van der Waals surface area (Å²) >= 11 is 11.9. The fourth-order valence-electron chi connectivity index (χ4n) is 2.78. The average Bonchev–Trinajstić information content (AvgIpc) is 2.82. The highest BCUT2D eigenvalue weighted by Gasteiger charge is 2.31. The zero-order chi connectivity index (χ0) is 16.4. The van der Waals surface area contributed by atoms with Gasteiger partial charge in [0.15, 0.2) is 0 Å². The Morgan fingerprint density at radius 3 is 2.78 bits per heavy atom. The van der Waals surface area contributed by atoms with Crippen LogP contribution in [0, 0.1) is 0 Å². The third-order valence-corrected chi connectivity index (χ3v) is 4.53. The van der Waals surface area contributed by atoms with Crippen LogP contribution in [-0.4, -0.2) is 17.2 Å². The maximum Gasteiger partial charge on any atom is 0.315 e.